The summed E-state index contributed by atoms with van der Waals surface area (Å²) in [5.74, 6) is 1.17. The van der Waals surface area contributed by atoms with Crippen LogP contribution in [0.15, 0.2) is 30.6 Å². The minimum absolute atomic E-state index is 0.0437. The van der Waals surface area contributed by atoms with Gasteiger partial charge in [-0.1, -0.05) is 23.7 Å². The van der Waals surface area contributed by atoms with Crippen LogP contribution in [-0.2, 0) is 19.6 Å². The number of para-hydroxylation sites is 1. The number of rotatable bonds is 6. The van der Waals surface area contributed by atoms with Gasteiger partial charge in [-0.2, -0.15) is 13.9 Å². The number of fused-ring (bicyclic) bond motifs is 2. The van der Waals surface area contributed by atoms with Crippen LogP contribution in [0, 0.1) is 6.92 Å². The number of benzene rings is 1. The van der Waals surface area contributed by atoms with Gasteiger partial charge in [0, 0.05) is 24.9 Å². The van der Waals surface area contributed by atoms with Crippen molar-refractivity contribution in [2.75, 3.05) is 5.32 Å². The molecule has 1 saturated carbocycles. The number of piperidine rings is 1. The maximum atomic E-state index is 12.8. The van der Waals surface area contributed by atoms with Gasteiger partial charge < -0.3 is 10.1 Å². The van der Waals surface area contributed by atoms with E-state index in [2.05, 4.69) is 15.3 Å². The van der Waals surface area contributed by atoms with Crippen LogP contribution in [0.4, 0.5) is 11.5 Å². The van der Waals surface area contributed by atoms with Crippen molar-refractivity contribution in [1.82, 2.24) is 14.3 Å². The highest BCUT2D eigenvalue weighted by molar-refractivity contribution is 7.90. The van der Waals surface area contributed by atoms with Crippen LogP contribution >= 0.6 is 11.6 Å². The molecule has 2 unspecified atom stereocenters. The van der Waals surface area contributed by atoms with E-state index < -0.39 is 10.0 Å². The second-order valence-electron chi connectivity index (χ2n) is 8.51. The predicted molar refractivity (Wildman–Crippen MR) is 121 cm³/mol. The number of hydrogen-bond donors (Lipinski definition) is 1. The molecule has 2 aromatic rings. The molecule has 11 heteroatoms. The third kappa shape index (κ3) is 5.04. The Bertz CT molecular complexity index is 1140. The number of anilines is 2. The number of carbonyl (C=O) groups excluding carboxylic acids is 2. The summed E-state index contributed by atoms with van der Waals surface area (Å²) < 4.78 is 33.7. The number of ether oxygens (including phenoxy) is 1. The first-order chi connectivity index (χ1) is 15.8. The Balaban J connectivity index is 0.000000821. The maximum absolute atomic E-state index is 12.8. The van der Waals surface area contributed by atoms with E-state index in [0.717, 1.165) is 36.9 Å². The minimum Gasteiger partial charge on any atom is -0.474 e. The molecule has 0 radical (unpaired) electrons. The molecule has 0 spiro atoms. The molecule has 2 aliphatic heterocycles. The fraction of sp³-hybridized carbons (Fsp3) is 0.500. The summed E-state index contributed by atoms with van der Waals surface area (Å²) >= 11 is 6.25. The van der Waals surface area contributed by atoms with Gasteiger partial charge in [0.05, 0.1) is 21.5 Å². The van der Waals surface area contributed by atoms with Crippen LogP contribution in [0.2, 0.25) is 5.02 Å². The van der Waals surface area contributed by atoms with Gasteiger partial charge in [-0.3, -0.25) is 0 Å². The van der Waals surface area contributed by atoms with Crippen molar-refractivity contribution in [3.05, 3.63) is 41.2 Å². The molecule has 33 heavy (non-hydrogen) atoms. The zero-order valence-electron chi connectivity index (χ0n) is 18.1. The van der Waals surface area contributed by atoms with Crippen molar-refractivity contribution in [3.8, 4) is 5.88 Å². The summed E-state index contributed by atoms with van der Waals surface area (Å²) in [5, 5.41) is 3.70. The summed E-state index contributed by atoms with van der Waals surface area (Å²) in [5.41, 5.74) is 1.57. The molecule has 9 nitrogen and oxygen atoms in total. The molecule has 1 aromatic carbocycles. The summed E-state index contributed by atoms with van der Waals surface area (Å²) in [6.45, 7) is 1.91. The molecule has 0 amide bonds. The van der Waals surface area contributed by atoms with E-state index in [4.69, 9.17) is 25.9 Å². The summed E-state index contributed by atoms with van der Waals surface area (Å²) in [4.78, 5) is 24.9. The van der Waals surface area contributed by atoms with E-state index >= 15 is 0 Å². The quantitative estimate of drug-likeness (QED) is 0.651. The van der Waals surface area contributed by atoms with Crippen molar-refractivity contribution in [2.24, 2.45) is 0 Å². The predicted octanol–water partition coefficient (Wildman–Crippen LogP) is 3.46. The summed E-state index contributed by atoms with van der Waals surface area (Å²) in [6, 6.07) is 7.57. The van der Waals surface area contributed by atoms with Crippen molar-refractivity contribution in [2.45, 2.75) is 68.9 Å². The number of aromatic nitrogens is 2. The van der Waals surface area contributed by atoms with Crippen LogP contribution in [0.5, 0.6) is 5.88 Å². The lowest BCUT2D eigenvalue weighted by Gasteiger charge is -2.37. The maximum Gasteiger partial charge on any atom is 0.373 e. The Morgan fingerprint density at radius 1 is 1.09 bits per heavy atom. The first-order valence-electron chi connectivity index (χ1n) is 10.9. The van der Waals surface area contributed by atoms with Crippen LogP contribution in [0.25, 0.3) is 0 Å². The van der Waals surface area contributed by atoms with Crippen LogP contribution in [-0.4, -0.2) is 52.3 Å². The molecule has 3 heterocycles. The van der Waals surface area contributed by atoms with Gasteiger partial charge in [0.1, 0.15) is 18.2 Å². The molecule has 2 atom stereocenters. The first kappa shape index (κ1) is 23.6. The highest BCUT2D eigenvalue weighted by atomic mass is 35.5. The van der Waals surface area contributed by atoms with Crippen LogP contribution in [0.1, 0.15) is 44.1 Å². The monoisotopic (exact) mass is 492 g/mol. The first-order valence-corrected chi connectivity index (χ1v) is 12.7. The second-order valence-corrected chi connectivity index (χ2v) is 11.0. The highest BCUT2D eigenvalue weighted by Gasteiger charge is 2.52. The average Bonchev–Trinajstić information content (AvgIpc) is 3.59. The topological polar surface area (TPSA) is 119 Å². The smallest absolute Gasteiger partial charge is 0.373 e. The van der Waals surface area contributed by atoms with Crippen molar-refractivity contribution < 1.29 is 22.7 Å². The molecule has 3 aliphatic rings. The fourth-order valence-corrected chi connectivity index (χ4v) is 7.13. The number of hydrogen-bond acceptors (Lipinski definition) is 8. The number of nitrogens with one attached hydrogen (secondary N) is 1. The van der Waals surface area contributed by atoms with Gasteiger partial charge in [-0.15, -0.1) is 0 Å². The molecule has 2 saturated heterocycles. The Labute approximate surface area is 197 Å². The number of nitrogens with zero attached hydrogens (tertiary/aromatic N) is 3. The highest BCUT2D eigenvalue weighted by Crippen LogP contribution is 2.43. The molecule has 176 valence electrons. The van der Waals surface area contributed by atoms with Crippen LogP contribution < -0.4 is 10.1 Å². The molecule has 1 N–H and O–H groups in total. The molecule has 5 rings (SSSR count). The standard InChI is InChI=1S/C21H25ClN4O3S.CO2/c1-13-20(25-19-5-3-2-4-18(19)22)23-12-24-21(13)29-16-10-14-6-7-15(11-16)26(14)30(27,28)17-8-9-17;2-1-3/h2-5,12,14-17H,6-11H2,1H3,(H,23,24,25);. The van der Waals surface area contributed by atoms with E-state index in [0.29, 0.717) is 29.6 Å². The van der Waals surface area contributed by atoms with Gasteiger partial charge in [0.2, 0.25) is 15.9 Å². The fourth-order valence-electron chi connectivity index (χ4n) is 4.66. The van der Waals surface area contributed by atoms with Crippen LogP contribution in [0.3, 0.4) is 0 Å². The Morgan fingerprint density at radius 2 is 1.73 bits per heavy atom. The molecule has 3 fully saturated rings. The Morgan fingerprint density at radius 3 is 2.33 bits per heavy atom. The Kier molecular flexibility index (Phi) is 6.99. The van der Waals surface area contributed by atoms with E-state index in [9.17, 15) is 8.42 Å². The van der Waals surface area contributed by atoms with Gasteiger partial charge in [0.25, 0.3) is 0 Å². The molecular formula is C22H25ClN4O5S. The zero-order valence-corrected chi connectivity index (χ0v) is 19.7. The van der Waals surface area contributed by atoms with E-state index in [1.165, 1.54) is 6.33 Å². The lowest BCUT2D eigenvalue weighted by Crippen LogP contribution is -2.50. The van der Waals surface area contributed by atoms with Crippen molar-refractivity contribution in [3.63, 3.8) is 0 Å². The van der Waals surface area contributed by atoms with E-state index in [1.807, 2.05) is 35.5 Å². The lowest BCUT2D eigenvalue weighted by atomic mass is 10.0. The normalized spacial score (nSPS) is 24.4. The number of sulfonamides is 1. The summed E-state index contributed by atoms with van der Waals surface area (Å²) in [6.07, 6.45) is 6.53. The van der Waals surface area contributed by atoms with Gasteiger partial charge in [-0.25, -0.2) is 18.4 Å². The average molecular weight is 493 g/mol. The molecule has 2 bridgehead atoms. The second kappa shape index (κ2) is 9.77. The van der Waals surface area contributed by atoms with Gasteiger partial charge >= 0.3 is 6.15 Å². The van der Waals surface area contributed by atoms with Gasteiger partial charge in [-0.05, 0) is 44.7 Å². The molecule has 1 aromatic heterocycles. The zero-order chi connectivity index (χ0) is 23.6. The third-order valence-corrected chi connectivity index (χ3v) is 9.13. The summed E-state index contributed by atoms with van der Waals surface area (Å²) in [7, 11) is -3.14. The minimum atomic E-state index is -3.14. The Hall–Kier alpha value is -2.52. The van der Waals surface area contributed by atoms with E-state index in [1.54, 1.807) is 0 Å². The van der Waals surface area contributed by atoms with Crippen molar-refractivity contribution in [1.29, 1.82) is 0 Å². The van der Waals surface area contributed by atoms with Gasteiger partial charge in [0.15, 0.2) is 0 Å². The van der Waals surface area contributed by atoms with E-state index in [-0.39, 0.29) is 29.6 Å². The third-order valence-electron chi connectivity index (χ3n) is 6.31. The van der Waals surface area contributed by atoms with Crippen molar-refractivity contribution >= 4 is 39.3 Å². The lowest BCUT2D eigenvalue weighted by molar-refractivity contribution is -0.191. The SMILES string of the molecule is Cc1c(Nc2ccccc2Cl)ncnc1OC1CC2CCC(C1)N2S(=O)(=O)C1CC1.O=C=O. The molecular weight excluding hydrogens is 468 g/mol. The number of halogens is 1. The molecule has 1 aliphatic carbocycles. The largest absolute Gasteiger partial charge is 0.474 e.